The van der Waals surface area contributed by atoms with Gasteiger partial charge in [-0.25, -0.2) is 0 Å². The van der Waals surface area contributed by atoms with E-state index in [-0.39, 0.29) is 6.73 Å². The van der Waals surface area contributed by atoms with Gasteiger partial charge < -0.3 is 9.67 Å². The van der Waals surface area contributed by atoms with Gasteiger partial charge in [-0.3, -0.25) is 0 Å². The lowest BCUT2D eigenvalue weighted by Crippen LogP contribution is -1.92. The van der Waals surface area contributed by atoms with Gasteiger partial charge in [0.1, 0.15) is 6.73 Å². The second-order valence-corrected chi connectivity index (χ2v) is 3.46. The minimum atomic E-state index is 0.0200. The summed E-state index contributed by atoms with van der Waals surface area (Å²) in [6.07, 6.45) is 1.88. The third-order valence-corrected chi connectivity index (χ3v) is 2.52. The second kappa shape index (κ2) is 2.92. The number of halogens is 1. The highest BCUT2D eigenvalue weighted by atomic mass is 79.9. The average molecular weight is 226 g/mol. The molecule has 3 heteroatoms. The van der Waals surface area contributed by atoms with Crippen LogP contribution in [0.3, 0.4) is 0 Å². The molecular formula is C9H8BrNO. The Morgan fingerprint density at radius 1 is 1.33 bits per heavy atom. The molecule has 0 bridgehead atoms. The smallest absolute Gasteiger partial charge is 0.119 e. The van der Waals surface area contributed by atoms with E-state index in [2.05, 4.69) is 15.9 Å². The van der Waals surface area contributed by atoms with E-state index in [1.165, 1.54) is 0 Å². The van der Waals surface area contributed by atoms with E-state index in [1.54, 1.807) is 4.57 Å². The fourth-order valence-electron chi connectivity index (χ4n) is 1.32. The van der Waals surface area contributed by atoms with Crippen molar-refractivity contribution in [1.29, 1.82) is 0 Å². The number of para-hydroxylation sites is 1. The van der Waals surface area contributed by atoms with Crippen LogP contribution in [-0.2, 0) is 6.73 Å². The van der Waals surface area contributed by atoms with Crippen molar-refractivity contribution >= 4 is 26.8 Å². The summed E-state index contributed by atoms with van der Waals surface area (Å²) < 4.78 is 2.81. The second-order valence-electron chi connectivity index (χ2n) is 2.61. The lowest BCUT2D eigenvalue weighted by Gasteiger charge is -1.97. The van der Waals surface area contributed by atoms with Gasteiger partial charge in [0.05, 0.1) is 5.52 Å². The number of benzene rings is 1. The highest BCUT2D eigenvalue weighted by Gasteiger charge is 2.03. The van der Waals surface area contributed by atoms with Crippen LogP contribution in [0, 0.1) is 0 Å². The van der Waals surface area contributed by atoms with Crippen molar-refractivity contribution in [3.05, 3.63) is 34.9 Å². The SMILES string of the molecule is OCn1cc(Br)c2ccccc21. The number of hydrogen-bond acceptors (Lipinski definition) is 1. The molecule has 12 heavy (non-hydrogen) atoms. The Hall–Kier alpha value is -0.800. The first-order chi connectivity index (χ1) is 5.83. The molecule has 0 saturated heterocycles. The largest absolute Gasteiger partial charge is 0.376 e. The van der Waals surface area contributed by atoms with E-state index in [0.717, 1.165) is 15.4 Å². The molecule has 0 fully saturated rings. The van der Waals surface area contributed by atoms with E-state index in [0.29, 0.717) is 0 Å². The lowest BCUT2D eigenvalue weighted by atomic mass is 10.2. The standard InChI is InChI=1S/C9H8BrNO/c10-8-5-11(6-12)9-4-2-1-3-7(8)9/h1-5,12H,6H2. The van der Waals surface area contributed by atoms with Gasteiger partial charge in [0.25, 0.3) is 0 Å². The fourth-order valence-corrected chi connectivity index (χ4v) is 1.90. The van der Waals surface area contributed by atoms with Crippen molar-refractivity contribution in [1.82, 2.24) is 4.57 Å². The summed E-state index contributed by atoms with van der Waals surface area (Å²) in [5.41, 5.74) is 1.05. The predicted octanol–water partition coefficient (Wildman–Crippen LogP) is 2.35. The Morgan fingerprint density at radius 3 is 2.83 bits per heavy atom. The lowest BCUT2D eigenvalue weighted by molar-refractivity contribution is 0.215. The third-order valence-electron chi connectivity index (χ3n) is 1.89. The molecule has 0 unspecified atom stereocenters. The number of aliphatic hydroxyl groups excluding tert-OH is 1. The van der Waals surface area contributed by atoms with Gasteiger partial charge in [0, 0.05) is 16.1 Å². The maximum absolute atomic E-state index is 8.99. The van der Waals surface area contributed by atoms with Crippen molar-refractivity contribution in [2.24, 2.45) is 0 Å². The number of nitrogens with zero attached hydrogens (tertiary/aromatic N) is 1. The Kier molecular flexibility index (Phi) is 1.90. The monoisotopic (exact) mass is 225 g/mol. The molecule has 1 N–H and O–H groups in total. The number of aliphatic hydroxyl groups is 1. The van der Waals surface area contributed by atoms with Crippen molar-refractivity contribution in [2.75, 3.05) is 0 Å². The van der Waals surface area contributed by atoms with Crippen LogP contribution < -0.4 is 0 Å². The van der Waals surface area contributed by atoms with Crippen LogP contribution in [0.5, 0.6) is 0 Å². The van der Waals surface area contributed by atoms with Gasteiger partial charge in [0.15, 0.2) is 0 Å². The van der Waals surface area contributed by atoms with Crippen LogP contribution in [0.15, 0.2) is 34.9 Å². The molecule has 0 aliphatic rings. The highest BCUT2D eigenvalue weighted by Crippen LogP contribution is 2.25. The van der Waals surface area contributed by atoms with Crippen LogP contribution in [0.25, 0.3) is 10.9 Å². The molecule has 0 amide bonds. The predicted molar refractivity (Wildman–Crippen MR) is 51.9 cm³/mol. The number of fused-ring (bicyclic) bond motifs is 1. The molecule has 2 aromatic rings. The molecule has 1 heterocycles. The molecule has 2 rings (SSSR count). The van der Waals surface area contributed by atoms with Gasteiger partial charge in [-0.05, 0) is 22.0 Å². The molecule has 0 aliphatic carbocycles. The van der Waals surface area contributed by atoms with Crippen LogP contribution in [0.1, 0.15) is 0 Å². The van der Waals surface area contributed by atoms with Crippen molar-refractivity contribution in [3.8, 4) is 0 Å². The zero-order chi connectivity index (χ0) is 8.55. The normalized spacial score (nSPS) is 10.8. The molecule has 1 aromatic heterocycles. The molecule has 62 valence electrons. The average Bonchev–Trinajstić information content (AvgIpc) is 2.44. The zero-order valence-corrected chi connectivity index (χ0v) is 7.95. The summed E-state index contributed by atoms with van der Waals surface area (Å²) in [5.74, 6) is 0. The summed E-state index contributed by atoms with van der Waals surface area (Å²) in [4.78, 5) is 0. The third kappa shape index (κ3) is 1.06. The van der Waals surface area contributed by atoms with Gasteiger partial charge in [0.2, 0.25) is 0 Å². The summed E-state index contributed by atoms with van der Waals surface area (Å²) >= 11 is 3.43. The molecular weight excluding hydrogens is 218 g/mol. The fraction of sp³-hybridized carbons (Fsp3) is 0.111. The first-order valence-electron chi connectivity index (χ1n) is 3.67. The van der Waals surface area contributed by atoms with Crippen molar-refractivity contribution < 1.29 is 5.11 Å². The van der Waals surface area contributed by atoms with Crippen LogP contribution in [0.2, 0.25) is 0 Å². The molecule has 0 atom stereocenters. The molecule has 0 aliphatic heterocycles. The number of hydrogen-bond donors (Lipinski definition) is 1. The summed E-state index contributed by atoms with van der Waals surface area (Å²) in [6, 6.07) is 7.94. The Balaban J connectivity index is 2.82. The Bertz CT molecular complexity index is 408. The molecule has 0 radical (unpaired) electrons. The summed E-state index contributed by atoms with van der Waals surface area (Å²) in [6.45, 7) is 0.0200. The highest BCUT2D eigenvalue weighted by molar-refractivity contribution is 9.10. The maximum Gasteiger partial charge on any atom is 0.119 e. The van der Waals surface area contributed by atoms with Gasteiger partial charge in [-0.2, -0.15) is 0 Å². The Labute approximate surface area is 78.6 Å². The molecule has 0 spiro atoms. The van der Waals surface area contributed by atoms with Gasteiger partial charge >= 0.3 is 0 Å². The van der Waals surface area contributed by atoms with Gasteiger partial charge in [-0.15, -0.1) is 0 Å². The minimum Gasteiger partial charge on any atom is -0.376 e. The van der Waals surface area contributed by atoms with Crippen LogP contribution >= 0.6 is 15.9 Å². The number of aromatic nitrogens is 1. The van der Waals surface area contributed by atoms with Crippen LogP contribution in [0.4, 0.5) is 0 Å². The van der Waals surface area contributed by atoms with E-state index in [9.17, 15) is 0 Å². The van der Waals surface area contributed by atoms with Crippen LogP contribution in [-0.4, -0.2) is 9.67 Å². The van der Waals surface area contributed by atoms with Crippen molar-refractivity contribution in [2.45, 2.75) is 6.73 Å². The van der Waals surface area contributed by atoms with Gasteiger partial charge in [-0.1, -0.05) is 18.2 Å². The topological polar surface area (TPSA) is 25.2 Å². The first-order valence-corrected chi connectivity index (χ1v) is 4.46. The molecule has 1 aromatic carbocycles. The quantitative estimate of drug-likeness (QED) is 0.793. The summed E-state index contributed by atoms with van der Waals surface area (Å²) in [5, 5.41) is 10.1. The minimum absolute atomic E-state index is 0.0200. The summed E-state index contributed by atoms with van der Waals surface area (Å²) in [7, 11) is 0. The van der Waals surface area contributed by atoms with E-state index in [4.69, 9.17) is 5.11 Å². The van der Waals surface area contributed by atoms with E-state index in [1.807, 2.05) is 30.5 Å². The molecule has 0 saturated carbocycles. The Morgan fingerprint density at radius 2 is 2.08 bits per heavy atom. The maximum atomic E-state index is 8.99. The first kappa shape index (κ1) is 7.83. The number of rotatable bonds is 1. The van der Waals surface area contributed by atoms with Crippen molar-refractivity contribution in [3.63, 3.8) is 0 Å². The van der Waals surface area contributed by atoms with E-state index >= 15 is 0 Å². The van der Waals surface area contributed by atoms with E-state index < -0.39 is 0 Å². The zero-order valence-electron chi connectivity index (χ0n) is 6.37. The molecule has 2 nitrogen and oxygen atoms in total.